The summed E-state index contributed by atoms with van der Waals surface area (Å²) in [6.45, 7) is 5.33. The van der Waals surface area contributed by atoms with Crippen molar-refractivity contribution in [3.05, 3.63) is 18.0 Å². The van der Waals surface area contributed by atoms with Gasteiger partial charge >= 0.3 is 0 Å². The molecule has 18 heavy (non-hydrogen) atoms. The first-order valence-corrected chi connectivity index (χ1v) is 6.62. The molecular formula is C13H22N4O. The lowest BCUT2D eigenvalue weighted by Gasteiger charge is -2.36. The lowest BCUT2D eigenvalue weighted by atomic mass is 9.92. The molecule has 1 aromatic heterocycles. The first-order chi connectivity index (χ1) is 8.54. The van der Waals surface area contributed by atoms with Crippen LogP contribution < -0.4 is 5.73 Å². The van der Waals surface area contributed by atoms with Gasteiger partial charge in [0.1, 0.15) is 0 Å². The highest BCUT2D eigenvalue weighted by atomic mass is 16.2. The number of carbonyl (C=O) groups is 1. The molecule has 0 radical (unpaired) electrons. The molecule has 5 nitrogen and oxygen atoms in total. The van der Waals surface area contributed by atoms with Crippen molar-refractivity contribution in [3.8, 4) is 0 Å². The zero-order valence-corrected chi connectivity index (χ0v) is 11.1. The number of H-pyrrole nitrogens is 1. The molecule has 1 aliphatic heterocycles. The monoisotopic (exact) mass is 250 g/mol. The third-order valence-corrected chi connectivity index (χ3v) is 3.89. The molecule has 100 valence electrons. The maximum Gasteiger partial charge on any atom is 0.242 e. The fourth-order valence-electron chi connectivity index (χ4n) is 2.42. The first kappa shape index (κ1) is 13.1. The summed E-state index contributed by atoms with van der Waals surface area (Å²) in [5.41, 5.74) is 6.42. The van der Waals surface area contributed by atoms with Crippen LogP contribution in [0.3, 0.4) is 0 Å². The Labute approximate surface area is 108 Å². The number of amides is 1. The van der Waals surface area contributed by atoms with E-state index in [0.29, 0.717) is 12.3 Å². The second-order valence-electron chi connectivity index (χ2n) is 5.37. The summed E-state index contributed by atoms with van der Waals surface area (Å²) in [5, 5.41) is 6.98. The maximum absolute atomic E-state index is 12.3. The average molecular weight is 250 g/mol. The van der Waals surface area contributed by atoms with Gasteiger partial charge in [0.25, 0.3) is 0 Å². The molecule has 3 N–H and O–H groups in total. The Morgan fingerprint density at radius 2 is 2.50 bits per heavy atom. The first-order valence-electron chi connectivity index (χ1n) is 6.62. The maximum atomic E-state index is 12.3. The molecule has 2 atom stereocenters. The lowest BCUT2D eigenvalue weighted by molar-refractivity contribution is -0.137. The molecule has 2 rings (SSSR count). The van der Waals surface area contributed by atoms with Gasteiger partial charge in [-0.2, -0.15) is 5.10 Å². The van der Waals surface area contributed by atoms with Crippen molar-refractivity contribution in [1.82, 2.24) is 15.1 Å². The number of nitrogens with one attached hydrogen (secondary N) is 1. The number of carbonyl (C=O) groups excluding carboxylic acids is 1. The third kappa shape index (κ3) is 2.56. The van der Waals surface area contributed by atoms with E-state index >= 15 is 0 Å². The molecule has 0 aromatic carbocycles. The van der Waals surface area contributed by atoms with E-state index in [1.54, 1.807) is 6.20 Å². The Kier molecular flexibility index (Phi) is 3.71. The van der Waals surface area contributed by atoms with Crippen LogP contribution in [0.15, 0.2) is 12.3 Å². The number of aromatic nitrogens is 2. The molecule has 1 fully saturated rings. The third-order valence-electron chi connectivity index (χ3n) is 3.89. The van der Waals surface area contributed by atoms with Gasteiger partial charge in [0, 0.05) is 30.9 Å². The van der Waals surface area contributed by atoms with E-state index < -0.39 is 5.54 Å². The SMILES string of the molecule is CCC(C)(N)C(=O)N1CCCC(c2ccn[nH]2)C1. The highest BCUT2D eigenvalue weighted by Crippen LogP contribution is 2.26. The van der Waals surface area contributed by atoms with Gasteiger partial charge in [-0.1, -0.05) is 6.92 Å². The quantitative estimate of drug-likeness (QED) is 0.847. The fourth-order valence-corrected chi connectivity index (χ4v) is 2.42. The molecule has 2 heterocycles. The largest absolute Gasteiger partial charge is 0.340 e. The summed E-state index contributed by atoms with van der Waals surface area (Å²) in [6, 6.07) is 1.99. The number of nitrogens with two attached hydrogens (primary N) is 1. The van der Waals surface area contributed by atoms with Gasteiger partial charge in [0.15, 0.2) is 0 Å². The van der Waals surface area contributed by atoms with Crippen molar-refractivity contribution in [2.24, 2.45) is 5.73 Å². The highest BCUT2D eigenvalue weighted by molar-refractivity contribution is 5.85. The van der Waals surface area contributed by atoms with Crippen LogP contribution in [0.2, 0.25) is 0 Å². The molecule has 1 amide bonds. The van der Waals surface area contributed by atoms with Crippen molar-refractivity contribution < 1.29 is 4.79 Å². The smallest absolute Gasteiger partial charge is 0.242 e. The van der Waals surface area contributed by atoms with E-state index in [4.69, 9.17) is 5.73 Å². The Morgan fingerprint density at radius 3 is 3.11 bits per heavy atom. The van der Waals surface area contributed by atoms with E-state index in [0.717, 1.165) is 31.6 Å². The molecule has 1 aromatic rings. The van der Waals surface area contributed by atoms with Gasteiger partial charge in [-0.3, -0.25) is 9.89 Å². The average Bonchev–Trinajstić information content (AvgIpc) is 2.92. The van der Waals surface area contributed by atoms with Crippen LogP contribution in [0.5, 0.6) is 0 Å². The van der Waals surface area contributed by atoms with E-state index in [1.165, 1.54) is 0 Å². The molecule has 5 heteroatoms. The Bertz CT molecular complexity index is 399. The van der Waals surface area contributed by atoms with Crippen LogP contribution in [-0.2, 0) is 4.79 Å². The molecular weight excluding hydrogens is 228 g/mol. The highest BCUT2D eigenvalue weighted by Gasteiger charge is 2.34. The molecule has 1 aliphatic rings. The molecule has 0 aliphatic carbocycles. The zero-order valence-electron chi connectivity index (χ0n) is 11.1. The van der Waals surface area contributed by atoms with E-state index in [2.05, 4.69) is 10.2 Å². The summed E-state index contributed by atoms with van der Waals surface area (Å²) in [6.07, 6.45) is 4.54. The summed E-state index contributed by atoms with van der Waals surface area (Å²) < 4.78 is 0. The number of aromatic amines is 1. The number of likely N-dealkylation sites (tertiary alicyclic amines) is 1. The number of hydrogen-bond acceptors (Lipinski definition) is 3. The van der Waals surface area contributed by atoms with Crippen molar-refractivity contribution in [2.75, 3.05) is 13.1 Å². The van der Waals surface area contributed by atoms with E-state index in [-0.39, 0.29) is 5.91 Å². The van der Waals surface area contributed by atoms with Crippen molar-refractivity contribution in [2.45, 2.75) is 44.6 Å². The van der Waals surface area contributed by atoms with Gasteiger partial charge in [-0.05, 0) is 32.3 Å². The van der Waals surface area contributed by atoms with E-state index in [9.17, 15) is 4.79 Å². The lowest BCUT2D eigenvalue weighted by Crippen LogP contribution is -2.54. The number of nitrogens with zero attached hydrogens (tertiary/aromatic N) is 2. The molecule has 1 saturated heterocycles. The summed E-state index contributed by atoms with van der Waals surface area (Å²) in [4.78, 5) is 14.2. The second-order valence-corrected chi connectivity index (χ2v) is 5.37. The minimum atomic E-state index is -0.740. The van der Waals surface area contributed by atoms with Gasteiger partial charge in [0.2, 0.25) is 5.91 Å². The van der Waals surface area contributed by atoms with Crippen LogP contribution >= 0.6 is 0 Å². The van der Waals surface area contributed by atoms with Crippen LogP contribution in [0.1, 0.15) is 44.7 Å². The normalized spacial score (nSPS) is 23.7. The predicted octanol–water partition coefficient (Wildman–Crippen LogP) is 1.24. The van der Waals surface area contributed by atoms with Crippen LogP contribution in [-0.4, -0.2) is 39.6 Å². The van der Waals surface area contributed by atoms with Gasteiger partial charge in [-0.25, -0.2) is 0 Å². The minimum Gasteiger partial charge on any atom is -0.340 e. The van der Waals surface area contributed by atoms with Gasteiger partial charge in [-0.15, -0.1) is 0 Å². The van der Waals surface area contributed by atoms with Crippen LogP contribution in [0.4, 0.5) is 0 Å². The Balaban J connectivity index is 2.05. The van der Waals surface area contributed by atoms with Crippen LogP contribution in [0.25, 0.3) is 0 Å². The fraction of sp³-hybridized carbons (Fsp3) is 0.692. The molecule has 0 bridgehead atoms. The Hall–Kier alpha value is -1.36. The van der Waals surface area contributed by atoms with Crippen molar-refractivity contribution >= 4 is 5.91 Å². The Morgan fingerprint density at radius 1 is 1.72 bits per heavy atom. The number of piperidine rings is 1. The zero-order chi connectivity index (χ0) is 13.2. The van der Waals surface area contributed by atoms with Crippen molar-refractivity contribution in [3.63, 3.8) is 0 Å². The summed E-state index contributed by atoms with van der Waals surface area (Å²) in [7, 11) is 0. The van der Waals surface area contributed by atoms with Crippen LogP contribution in [0, 0.1) is 0 Å². The minimum absolute atomic E-state index is 0.0641. The topological polar surface area (TPSA) is 75.0 Å². The summed E-state index contributed by atoms with van der Waals surface area (Å²) in [5.74, 6) is 0.423. The summed E-state index contributed by atoms with van der Waals surface area (Å²) >= 11 is 0. The number of rotatable bonds is 3. The van der Waals surface area contributed by atoms with E-state index in [1.807, 2.05) is 24.8 Å². The molecule has 0 spiro atoms. The molecule has 0 saturated carbocycles. The van der Waals surface area contributed by atoms with Gasteiger partial charge in [0.05, 0.1) is 5.54 Å². The van der Waals surface area contributed by atoms with Crippen molar-refractivity contribution in [1.29, 1.82) is 0 Å². The molecule has 2 unspecified atom stereocenters. The number of hydrogen-bond donors (Lipinski definition) is 2. The second kappa shape index (κ2) is 5.10. The standard InChI is InChI=1S/C13H22N4O/c1-3-13(2,14)12(18)17-8-4-5-10(9-17)11-6-7-15-16-11/h6-7,10H,3-5,8-9,14H2,1-2H3,(H,15,16). The predicted molar refractivity (Wildman–Crippen MR) is 70.0 cm³/mol. The van der Waals surface area contributed by atoms with Gasteiger partial charge < -0.3 is 10.6 Å².